The van der Waals surface area contributed by atoms with Crippen LogP contribution in [0.2, 0.25) is 10.0 Å². The Hall–Kier alpha value is -0.280. The van der Waals surface area contributed by atoms with E-state index in [0.29, 0.717) is 6.04 Å². The van der Waals surface area contributed by atoms with E-state index in [4.69, 9.17) is 23.2 Å². The van der Waals surface area contributed by atoms with Gasteiger partial charge >= 0.3 is 0 Å². The van der Waals surface area contributed by atoms with Crippen LogP contribution in [0.1, 0.15) is 31.7 Å². The Labute approximate surface area is 119 Å². The fourth-order valence-corrected chi connectivity index (χ4v) is 3.17. The monoisotopic (exact) mass is 287 g/mol. The third kappa shape index (κ3) is 3.39. The van der Waals surface area contributed by atoms with Crippen LogP contribution in [0.15, 0.2) is 18.2 Å². The van der Waals surface area contributed by atoms with Crippen LogP contribution >= 0.6 is 23.2 Å². The first kappa shape index (κ1) is 14.1. The number of aliphatic hydroxyl groups is 1. The highest BCUT2D eigenvalue weighted by Gasteiger charge is 2.26. The number of aliphatic hydroxyl groups excluding tert-OH is 1. The zero-order valence-electron chi connectivity index (χ0n) is 10.6. The summed E-state index contributed by atoms with van der Waals surface area (Å²) >= 11 is 12.4. The molecule has 1 N–H and O–H groups in total. The highest BCUT2D eigenvalue weighted by Crippen LogP contribution is 2.30. The molecule has 1 aromatic rings. The Balaban J connectivity index is 2.08. The van der Waals surface area contributed by atoms with Gasteiger partial charge in [-0.3, -0.25) is 4.90 Å². The molecule has 100 valence electrons. The minimum absolute atomic E-state index is 0.252. The van der Waals surface area contributed by atoms with Gasteiger partial charge in [0.15, 0.2) is 0 Å². The standard InChI is InChI=1S/C14H19Cl2NO/c1-10(18)8-11-4-3-7-17(11)9-12-13(15)5-2-6-14(12)16/h2,5-6,10-11,18H,3-4,7-9H2,1H3. The molecule has 18 heavy (non-hydrogen) atoms. The van der Waals surface area contributed by atoms with Gasteiger partial charge in [-0.1, -0.05) is 29.3 Å². The van der Waals surface area contributed by atoms with E-state index in [1.807, 2.05) is 25.1 Å². The lowest BCUT2D eigenvalue weighted by Crippen LogP contribution is -2.31. The first-order valence-electron chi connectivity index (χ1n) is 6.43. The fraction of sp³-hybridized carbons (Fsp3) is 0.571. The molecule has 1 aliphatic rings. The van der Waals surface area contributed by atoms with Crippen LogP contribution in [0, 0.1) is 0 Å². The molecule has 1 heterocycles. The summed E-state index contributed by atoms with van der Waals surface area (Å²) in [5.74, 6) is 0. The lowest BCUT2D eigenvalue weighted by molar-refractivity contribution is 0.131. The second-order valence-corrected chi connectivity index (χ2v) is 5.87. The summed E-state index contributed by atoms with van der Waals surface area (Å²) in [4.78, 5) is 2.37. The summed E-state index contributed by atoms with van der Waals surface area (Å²) in [6.45, 7) is 3.67. The molecule has 2 nitrogen and oxygen atoms in total. The highest BCUT2D eigenvalue weighted by molar-refractivity contribution is 6.35. The topological polar surface area (TPSA) is 23.5 Å². The van der Waals surface area contributed by atoms with E-state index in [1.165, 1.54) is 6.42 Å². The summed E-state index contributed by atoms with van der Waals surface area (Å²) in [6, 6.07) is 6.06. The van der Waals surface area contributed by atoms with Crippen LogP contribution in [0.5, 0.6) is 0 Å². The molecule has 1 aromatic carbocycles. The number of likely N-dealkylation sites (tertiary alicyclic amines) is 1. The SMILES string of the molecule is CC(O)CC1CCCN1Cc1c(Cl)cccc1Cl. The van der Waals surface area contributed by atoms with Crippen molar-refractivity contribution in [1.82, 2.24) is 4.90 Å². The molecule has 1 saturated heterocycles. The minimum atomic E-state index is -0.252. The summed E-state index contributed by atoms with van der Waals surface area (Å²) in [6.07, 6.45) is 2.89. The number of benzene rings is 1. The van der Waals surface area contributed by atoms with E-state index in [1.54, 1.807) is 0 Å². The third-order valence-corrected chi connectivity index (χ3v) is 4.24. The molecule has 1 fully saturated rings. The van der Waals surface area contributed by atoms with E-state index >= 15 is 0 Å². The molecule has 0 spiro atoms. The van der Waals surface area contributed by atoms with Crippen LogP contribution in [-0.4, -0.2) is 28.7 Å². The predicted molar refractivity (Wildman–Crippen MR) is 76.2 cm³/mol. The van der Waals surface area contributed by atoms with E-state index in [-0.39, 0.29) is 6.10 Å². The maximum absolute atomic E-state index is 9.53. The average Bonchev–Trinajstić information content (AvgIpc) is 2.70. The Morgan fingerprint density at radius 2 is 2.06 bits per heavy atom. The van der Waals surface area contributed by atoms with Gasteiger partial charge in [0, 0.05) is 28.2 Å². The second-order valence-electron chi connectivity index (χ2n) is 5.05. The van der Waals surface area contributed by atoms with Crippen molar-refractivity contribution in [3.63, 3.8) is 0 Å². The van der Waals surface area contributed by atoms with E-state index in [0.717, 1.165) is 41.5 Å². The smallest absolute Gasteiger partial charge is 0.0527 e. The van der Waals surface area contributed by atoms with Crippen LogP contribution in [0.4, 0.5) is 0 Å². The van der Waals surface area contributed by atoms with Gasteiger partial charge in [-0.15, -0.1) is 0 Å². The zero-order chi connectivity index (χ0) is 13.1. The lowest BCUT2D eigenvalue weighted by atomic mass is 10.1. The van der Waals surface area contributed by atoms with Gasteiger partial charge in [0.2, 0.25) is 0 Å². The van der Waals surface area contributed by atoms with E-state index in [2.05, 4.69) is 4.90 Å². The number of halogens is 2. The Morgan fingerprint density at radius 1 is 1.39 bits per heavy atom. The van der Waals surface area contributed by atoms with Crippen molar-refractivity contribution in [2.45, 2.75) is 44.9 Å². The number of hydrogen-bond acceptors (Lipinski definition) is 2. The average molecular weight is 288 g/mol. The quantitative estimate of drug-likeness (QED) is 0.912. The minimum Gasteiger partial charge on any atom is -0.393 e. The molecule has 2 unspecified atom stereocenters. The Morgan fingerprint density at radius 3 is 2.67 bits per heavy atom. The maximum Gasteiger partial charge on any atom is 0.0527 e. The predicted octanol–water partition coefficient (Wildman–Crippen LogP) is 3.73. The highest BCUT2D eigenvalue weighted by atomic mass is 35.5. The van der Waals surface area contributed by atoms with Crippen LogP contribution in [-0.2, 0) is 6.54 Å². The first-order chi connectivity index (χ1) is 8.58. The van der Waals surface area contributed by atoms with Crippen molar-refractivity contribution in [3.8, 4) is 0 Å². The summed E-state index contributed by atoms with van der Waals surface area (Å²) in [5, 5.41) is 11.0. The van der Waals surface area contributed by atoms with Gasteiger partial charge in [0.25, 0.3) is 0 Å². The van der Waals surface area contributed by atoms with Gasteiger partial charge < -0.3 is 5.11 Å². The Bertz CT molecular complexity index is 389. The summed E-state index contributed by atoms with van der Waals surface area (Å²) in [7, 11) is 0. The zero-order valence-corrected chi connectivity index (χ0v) is 12.1. The van der Waals surface area contributed by atoms with Crippen molar-refractivity contribution in [3.05, 3.63) is 33.8 Å². The molecule has 0 amide bonds. The van der Waals surface area contributed by atoms with E-state index in [9.17, 15) is 5.11 Å². The van der Waals surface area contributed by atoms with Crippen LogP contribution < -0.4 is 0 Å². The Kier molecular flexibility index (Phi) is 4.91. The number of rotatable bonds is 4. The molecule has 2 rings (SSSR count). The molecular weight excluding hydrogens is 269 g/mol. The van der Waals surface area contributed by atoms with Crippen molar-refractivity contribution in [2.75, 3.05) is 6.54 Å². The van der Waals surface area contributed by atoms with Gasteiger partial charge in [-0.25, -0.2) is 0 Å². The van der Waals surface area contributed by atoms with Crippen LogP contribution in [0.3, 0.4) is 0 Å². The molecule has 0 aromatic heterocycles. The molecule has 0 aliphatic carbocycles. The molecule has 0 bridgehead atoms. The van der Waals surface area contributed by atoms with Crippen molar-refractivity contribution < 1.29 is 5.11 Å². The van der Waals surface area contributed by atoms with Crippen molar-refractivity contribution >= 4 is 23.2 Å². The molecular formula is C14H19Cl2NO. The van der Waals surface area contributed by atoms with Crippen molar-refractivity contribution in [1.29, 1.82) is 0 Å². The maximum atomic E-state index is 9.53. The van der Waals surface area contributed by atoms with Gasteiger partial charge in [0.05, 0.1) is 6.10 Å². The van der Waals surface area contributed by atoms with E-state index < -0.39 is 0 Å². The largest absolute Gasteiger partial charge is 0.393 e. The number of hydrogen-bond donors (Lipinski definition) is 1. The fourth-order valence-electron chi connectivity index (χ4n) is 2.65. The number of nitrogens with zero attached hydrogens (tertiary/aromatic N) is 1. The molecule has 2 atom stereocenters. The summed E-state index contributed by atoms with van der Waals surface area (Å²) < 4.78 is 0. The lowest BCUT2D eigenvalue weighted by Gasteiger charge is -2.26. The first-order valence-corrected chi connectivity index (χ1v) is 7.18. The van der Waals surface area contributed by atoms with Crippen molar-refractivity contribution in [2.24, 2.45) is 0 Å². The van der Waals surface area contributed by atoms with Gasteiger partial charge in [-0.05, 0) is 44.9 Å². The second kappa shape index (κ2) is 6.25. The van der Waals surface area contributed by atoms with Crippen LogP contribution in [0.25, 0.3) is 0 Å². The normalized spacial score (nSPS) is 22.3. The third-order valence-electron chi connectivity index (χ3n) is 3.54. The molecule has 4 heteroatoms. The van der Waals surface area contributed by atoms with Gasteiger partial charge in [0.1, 0.15) is 0 Å². The molecule has 0 saturated carbocycles. The summed E-state index contributed by atoms with van der Waals surface area (Å²) in [5.41, 5.74) is 0.998. The molecule has 0 radical (unpaired) electrons. The van der Waals surface area contributed by atoms with Gasteiger partial charge in [-0.2, -0.15) is 0 Å². The molecule has 1 aliphatic heterocycles.